The molecule has 1 saturated heterocycles. The molecule has 0 N–H and O–H groups in total. The molecule has 1 aromatic rings. The molecule has 0 spiro atoms. The molecule has 1 fully saturated rings. The third kappa shape index (κ3) is 2.23. The molecule has 2 rings (SSSR count). The van der Waals surface area contributed by atoms with Crippen molar-refractivity contribution in [3.05, 3.63) is 5.01 Å². The molecule has 6 heteroatoms. The topological polar surface area (TPSA) is 29.0 Å². The normalized spacial score (nSPS) is 19.9. The van der Waals surface area contributed by atoms with Gasteiger partial charge >= 0.3 is 0 Å². The molecule has 1 aromatic heterocycles. The fourth-order valence-electron chi connectivity index (χ4n) is 1.44. The van der Waals surface area contributed by atoms with Gasteiger partial charge in [0.2, 0.25) is 5.95 Å². The van der Waals surface area contributed by atoms with E-state index in [-0.39, 0.29) is 25.9 Å². The van der Waals surface area contributed by atoms with Gasteiger partial charge in [0, 0.05) is 25.9 Å². The van der Waals surface area contributed by atoms with Crippen molar-refractivity contribution in [1.82, 2.24) is 9.36 Å². The average molecular weight is 229 g/mol. The Balaban J connectivity index is 2.05. The average Bonchev–Trinajstić information content (AvgIpc) is 2.66. The molecule has 0 bridgehead atoms. The number of alkyl halides is 2. The molecule has 2 heterocycles. The fourth-order valence-corrected chi connectivity index (χ4v) is 1.94. The van der Waals surface area contributed by atoms with Gasteiger partial charge in [0.1, 0.15) is 0 Å². The van der Waals surface area contributed by atoms with Crippen molar-refractivity contribution in [2.45, 2.75) is 18.8 Å². The molecular formula is C9H9F2N3S. The highest BCUT2D eigenvalue weighted by atomic mass is 32.1. The van der Waals surface area contributed by atoms with E-state index in [1.54, 1.807) is 4.90 Å². The molecular weight excluding hydrogens is 220 g/mol. The van der Waals surface area contributed by atoms with Crippen LogP contribution in [0.3, 0.4) is 0 Å². The van der Waals surface area contributed by atoms with Crippen LogP contribution >= 0.6 is 11.5 Å². The Morgan fingerprint density at radius 3 is 2.60 bits per heavy atom. The van der Waals surface area contributed by atoms with Gasteiger partial charge in [-0.15, -0.1) is 6.42 Å². The van der Waals surface area contributed by atoms with E-state index in [9.17, 15) is 8.78 Å². The summed E-state index contributed by atoms with van der Waals surface area (Å²) in [5, 5.41) is 0.488. The highest BCUT2D eigenvalue weighted by Crippen LogP contribution is 2.29. The second-order valence-corrected chi connectivity index (χ2v) is 4.14. The summed E-state index contributed by atoms with van der Waals surface area (Å²) < 4.78 is 29.8. The lowest BCUT2D eigenvalue weighted by Gasteiger charge is -2.30. The van der Waals surface area contributed by atoms with Crippen LogP contribution < -0.4 is 4.90 Å². The van der Waals surface area contributed by atoms with Gasteiger partial charge in [-0.2, -0.15) is 9.36 Å². The molecule has 0 aromatic carbocycles. The Morgan fingerprint density at radius 1 is 1.40 bits per heavy atom. The number of hydrogen-bond acceptors (Lipinski definition) is 4. The van der Waals surface area contributed by atoms with Crippen LogP contribution in [-0.4, -0.2) is 28.4 Å². The zero-order valence-corrected chi connectivity index (χ0v) is 8.73. The largest absolute Gasteiger partial charge is 0.340 e. The number of hydrogen-bond donors (Lipinski definition) is 0. The third-order valence-electron chi connectivity index (χ3n) is 2.32. The highest BCUT2D eigenvalue weighted by molar-refractivity contribution is 7.06. The van der Waals surface area contributed by atoms with Gasteiger partial charge in [0.25, 0.3) is 5.92 Å². The number of terminal acetylenes is 1. The third-order valence-corrected chi connectivity index (χ3v) is 2.95. The van der Waals surface area contributed by atoms with Crippen molar-refractivity contribution in [3.8, 4) is 12.3 Å². The first kappa shape index (κ1) is 10.3. The van der Waals surface area contributed by atoms with Gasteiger partial charge in [-0.25, -0.2) is 8.78 Å². The van der Waals surface area contributed by atoms with E-state index in [4.69, 9.17) is 6.42 Å². The van der Waals surface area contributed by atoms with Gasteiger partial charge in [0.05, 0.1) is 0 Å². The van der Waals surface area contributed by atoms with E-state index >= 15 is 0 Å². The summed E-state index contributed by atoms with van der Waals surface area (Å²) in [6, 6.07) is 0. The summed E-state index contributed by atoms with van der Waals surface area (Å²) >= 11 is 1.12. The first-order chi connectivity index (χ1) is 7.11. The minimum Gasteiger partial charge on any atom is -0.340 e. The van der Waals surface area contributed by atoms with Gasteiger partial charge < -0.3 is 4.90 Å². The molecule has 0 unspecified atom stereocenters. The lowest BCUT2D eigenvalue weighted by Crippen LogP contribution is -2.39. The number of aromatic nitrogens is 2. The molecule has 1 aliphatic rings. The van der Waals surface area contributed by atoms with Crippen molar-refractivity contribution in [2.24, 2.45) is 0 Å². The van der Waals surface area contributed by atoms with E-state index in [1.165, 1.54) is 0 Å². The molecule has 80 valence electrons. The van der Waals surface area contributed by atoms with E-state index in [1.807, 2.05) is 0 Å². The Kier molecular flexibility index (Phi) is 2.57. The van der Waals surface area contributed by atoms with Gasteiger partial charge in [-0.1, -0.05) is 0 Å². The maximum atomic E-state index is 12.9. The summed E-state index contributed by atoms with van der Waals surface area (Å²) in [5.74, 6) is 0.308. The number of piperidine rings is 1. The molecule has 1 aliphatic heterocycles. The minimum atomic E-state index is -2.54. The minimum absolute atomic E-state index is 0.141. The van der Waals surface area contributed by atoms with Crippen molar-refractivity contribution in [3.63, 3.8) is 0 Å². The highest BCUT2D eigenvalue weighted by Gasteiger charge is 2.34. The van der Waals surface area contributed by atoms with Crippen LogP contribution in [0.4, 0.5) is 14.7 Å². The number of rotatable bonds is 1. The second-order valence-electron chi connectivity index (χ2n) is 3.39. The Morgan fingerprint density at radius 2 is 2.07 bits per heavy atom. The van der Waals surface area contributed by atoms with Crippen molar-refractivity contribution >= 4 is 17.5 Å². The second kappa shape index (κ2) is 3.74. The van der Waals surface area contributed by atoms with Crippen molar-refractivity contribution < 1.29 is 8.78 Å². The van der Waals surface area contributed by atoms with E-state index in [2.05, 4.69) is 15.3 Å². The molecule has 0 saturated carbocycles. The van der Waals surface area contributed by atoms with Crippen LogP contribution in [0.15, 0.2) is 0 Å². The van der Waals surface area contributed by atoms with Gasteiger partial charge in [-0.05, 0) is 17.5 Å². The Bertz CT molecular complexity index is 386. The standard InChI is InChI=1S/C9H9F2N3S/c1-2-7-12-8(13-15-7)14-5-3-9(10,11)4-6-14/h1H,3-6H2. The fraction of sp³-hybridized carbons (Fsp3) is 0.556. The Labute approximate surface area is 90.3 Å². The maximum Gasteiger partial charge on any atom is 0.251 e. The van der Waals surface area contributed by atoms with Crippen molar-refractivity contribution in [2.75, 3.05) is 18.0 Å². The number of anilines is 1. The molecule has 0 amide bonds. The van der Waals surface area contributed by atoms with E-state index in [0.29, 0.717) is 11.0 Å². The lowest BCUT2D eigenvalue weighted by molar-refractivity contribution is -0.0222. The molecule has 15 heavy (non-hydrogen) atoms. The van der Waals surface area contributed by atoms with Crippen LogP contribution in [0.5, 0.6) is 0 Å². The van der Waals surface area contributed by atoms with Crippen LogP contribution in [0.1, 0.15) is 17.8 Å². The van der Waals surface area contributed by atoms with Crippen molar-refractivity contribution in [1.29, 1.82) is 0 Å². The van der Waals surface area contributed by atoms with Crippen LogP contribution in [0, 0.1) is 12.3 Å². The first-order valence-electron chi connectivity index (χ1n) is 4.54. The van der Waals surface area contributed by atoms with Gasteiger partial charge in [-0.3, -0.25) is 0 Å². The predicted molar refractivity (Wildman–Crippen MR) is 54.2 cm³/mol. The monoisotopic (exact) mass is 229 g/mol. The quantitative estimate of drug-likeness (QED) is 0.687. The van der Waals surface area contributed by atoms with Crippen LogP contribution in [-0.2, 0) is 0 Å². The zero-order chi connectivity index (χ0) is 10.9. The lowest BCUT2D eigenvalue weighted by atomic mass is 10.1. The summed E-state index contributed by atoms with van der Waals surface area (Å²) in [6.07, 6.45) is 4.87. The summed E-state index contributed by atoms with van der Waals surface area (Å²) in [4.78, 5) is 5.80. The SMILES string of the molecule is C#Cc1nc(N2CCC(F)(F)CC2)ns1. The summed E-state index contributed by atoms with van der Waals surface area (Å²) in [5.41, 5.74) is 0. The summed E-state index contributed by atoms with van der Waals surface area (Å²) in [7, 11) is 0. The molecule has 0 atom stereocenters. The number of halogens is 2. The Hall–Kier alpha value is -1.22. The van der Waals surface area contributed by atoms with Crippen LogP contribution in [0.2, 0.25) is 0 Å². The maximum absolute atomic E-state index is 12.9. The summed E-state index contributed by atoms with van der Waals surface area (Å²) in [6.45, 7) is 0.571. The van der Waals surface area contributed by atoms with E-state index < -0.39 is 5.92 Å². The first-order valence-corrected chi connectivity index (χ1v) is 5.31. The van der Waals surface area contributed by atoms with E-state index in [0.717, 1.165) is 11.5 Å². The predicted octanol–water partition coefficient (Wildman–Crippen LogP) is 1.75. The molecule has 0 aliphatic carbocycles. The number of nitrogens with zero attached hydrogens (tertiary/aromatic N) is 3. The smallest absolute Gasteiger partial charge is 0.251 e. The zero-order valence-electron chi connectivity index (χ0n) is 7.91. The molecule has 3 nitrogen and oxygen atoms in total. The molecule has 0 radical (unpaired) electrons. The van der Waals surface area contributed by atoms with Gasteiger partial charge in [0.15, 0.2) is 5.01 Å². The van der Waals surface area contributed by atoms with Crippen LogP contribution in [0.25, 0.3) is 0 Å².